The molecule has 9 nitrogen and oxygen atoms in total. The number of amides is 2. The third-order valence-corrected chi connectivity index (χ3v) is 6.73. The topological polar surface area (TPSA) is 128 Å². The van der Waals surface area contributed by atoms with Crippen molar-refractivity contribution in [3.8, 4) is 11.5 Å². The highest BCUT2D eigenvalue weighted by Gasteiger charge is 2.28. The van der Waals surface area contributed by atoms with Crippen LogP contribution in [0.2, 0.25) is 5.02 Å². The lowest BCUT2D eigenvalue weighted by Crippen LogP contribution is -2.37. The van der Waals surface area contributed by atoms with Crippen molar-refractivity contribution in [3.05, 3.63) is 52.5 Å². The number of hydrogen-bond acceptors (Lipinski definition) is 6. The van der Waals surface area contributed by atoms with Gasteiger partial charge in [0.25, 0.3) is 11.8 Å². The first-order valence-electron chi connectivity index (χ1n) is 9.38. The Hall–Kier alpha value is -2.98. The van der Waals surface area contributed by atoms with Gasteiger partial charge in [-0.25, -0.2) is 8.42 Å². The Morgan fingerprint density at radius 3 is 2.71 bits per heavy atom. The Kier molecular flexibility index (Phi) is 6.91. The number of nitrogens with one attached hydrogen (secondary N) is 1. The molecule has 11 heteroatoms. The fourth-order valence-electron chi connectivity index (χ4n) is 3.24. The van der Waals surface area contributed by atoms with Gasteiger partial charge in [-0.3, -0.25) is 13.9 Å². The van der Waals surface area contributed by atoms with Crippen LogP contribution >= 0.6 is 11.6 Å². The minimum Gasteiger partial charge on any atom is -0.493 e. The number of hydrogen-bond donors (Lipinski definition) is 2. The van der Waals surface area contributed by atoms with Crippen LogP contribution in [0, 0.1) is 0 Å². The van der Waals surface area contributed by atoms with E-state index in [4.69, 9.17) is 26.8 Å². The number of nitrogens with zero attached hydrogens (tertiary/aromatic N) is 1. The molecule has 0 bridgehead atoms. The van der Waals surface area contributed by atoms with Crippen LogP contribution in [0.3, 0.4) is 0 Å². The van der Waals surface area contributed by atoms with Crippen LogP contribution < -0.4 is 24.8 Å². The van der Waals surface area contributed by atoms with Gasteiger partial charge >= 0.3 is 0 Å². The van der Waals surface area contributed by atoms with Crippen LogP contribution in [0.1, 0.15) is 15.9 Å². The number of benzene rings is 2. The quantitative estimate of drug-likeness (QED) is 0.572. The molecule has 2 amide bonds. The average molecular weight is 468 g/mol. The highest BCUT2D eigenvalue weighted by Crippen LogP contribution is 2.36. The van der Waals surface area contributed by atoms with Crippen LogP contribution in [0.4, 0.5) is 5.69 Å². The van der Waals surface area contributed by atoms with Gasteiger partial charge in [0, 0.05) is 18.7 Å². The Balaban J connectivity index is 1.64. The molecule has 31 heavy (non-hydrogen) atoms. The van der Waals surface area contributed by atoms with Crippen molar-refractivity contribution in [2.24, 2.45) is 5.73 Å². The van der Waals surface area contributed by atoms with Crippen molar-refractivity contribution in [3.63, 3.8) is 0 Å². The number of sulfonamides is 1. The predicted molar refractivity (Wildman–Crippen MR) is 116 cm³/mol. The summed E-state index contributed by atoms with van der Waals surface area (Å²) in [6, 6.07) is 10.1. The van der Waals surface area contributed by atoms with Crippen LogP contribution in [-0.4, -0.2) is 52.8 Å². The maximum absolute atomic E-state index is 12.7. The lowest BCUT2D eigenvalue weighted by molar-refractivity contribution is -0.119. The van der Waals surface area contributed by atoms with Crippen molar-refractivity contribution in [1.29, 1.82) is 0 Å². The first kappa shape index (κ1) is 22.7. The van der Waals surface area contributed by atoms with Crippen molar-refractivity contribution in [2.45, 2.75) is 6.42 Å². The molecule has 1 aliphatic rings. The van der Waals surface area contributed by atoms with Crippen molar-refractivity contribution in [1.82, 2.24) is 5.32 Å². The van der Waals surface area contributed by atoms with E-state index in [0.717, 1.165) is 5.56 Å². The fraction of sp³-hybridized carbons (Fsp3) is 0.300. The lowest BCUT2D eigenvalue weighted by Gasteiger charge is -2.19. The van der Waals surface area contributed by atoms with Gasteiger partial charge in [-0.15, -0.1) is 0 Å². The fourth-order valence-corrected chi connectivity index (χ4v) is 4.93. The number of carbonyl (C=O) groups excluding carboxylic acids is 2. The van der Waals surface area contributed by atoms with Gasteiger partial charge < -0.3 is 20.5 Å². The summed E-state index contributed by atoms with van der Waals surface area (Å²) in [5, 5.41) is 2.63. The molecule has 0 saturated heterocycles. The first-order chi connectivity index (χ1) is 14.7. The number of ether oxygens (including phenoxy) is 2. The van der Waals surface area contributed by atoms with Crippen LogP contribution in [-0.2, 0) is 21.2 Å². The second-order valence-electron chi connectivity index (χ2n) is 6.77. The standard InChI is InChI=1S/C20H22ClN3O6S/c1-29-17-11-14(10-15(21)19(17)30-12-18(22)25)20(26)23-7-9-31(27,28)24-8-6-13-4-2-3-5-16(13)24/h2-5,10-11H,6-9,12H2,1H3,(H2,22,25)(H,23,26). The molecule has 0 atom stereocenters. The summed E-state index contributed by atoms with van der Waals surface area (Å²) < 4.78 is 37.2. The molecule has 0 aliphatic carbocycles. The van der Waals surface area contributed by atoms with E-state index in [0.29, 0.717) is 18.7 Å². The number of primary amides is 1. The van der Waals surface area contributed by atoms with E-state index in [9.17, 15) is 18.0 Å². The molecule has 0 saturated carbocycles. The molecule has 2 aromatic carbocycles. The van der Waals surface area contributed by atoms with Gasteiger partial charge in [0.15, 0.2) is 18.1 Å². The van der Waals surface area contributed by atoms with E-state index in [1.807, 2.05) is 12.1 Å². The number of fused-ring (bicyclic) bond motifs is 1. The van der Waals surface area contributed by atoms with Crippen LogP contribution in [0.5, 0.6) is 11.5 Å². The molecule has 1 aliphatic heterocycles. The number of anilines is 1. The number of nitrogens with two attached hydrogens (primary N) is 1. The second-order valence-corrected chi connectivity index (χ2v) is 9.19. The van der Waals surface area contributed by atoms with Crippen LogP contribution in [0.15, 0.2) is 36.4 Å². The van der Waals surface area contributed by atoms with E-state index in [1.165, 1.54) is 23.5 Å². The van der Waals surface area contributed by atoms with Crippen LogP contribution in [0.25, 0.3) is 0 Å². The molecule has 0 spiro atoms. The summed E-state index contributed by atoms with van der Waals surface area (Å²) in [4.78, 5) is 23.4. The molecule has 166 valence electrons. The van der Waals surface area contributed by atoms with E-state index < -0.39 is 28.4 Å². The van der Waals surface area contributed by atoms with Crippen molar-refractivity contribution in [2.75, 3.05) is 36.9 Å². The average Bonchev–Trinajstić information content (AvgIpc) is 3.17. The summed E-state index contributed by atoms with van der Waals surface area (Å²) in [6.45, 7) is -0.103. The van der Waals surface area contributed by atoms with E-state index in [1.54, 1.807) is 12.1 Å². The van der Waals surface area contributed by atoms with E-state index >= 15 is 0 Å². The number of para-hydroxylation sites is 1. The lowest BCUT2D eigenvalue weighted by atomic mass is 10.2. The van der Waals surface area contributed by atoms with Gasteiger partial charge in [-0.1, -0.05) is 29.8 Å². The Bertz CT molecular complexity index is 1110. The Morgan fingerprint density at radius 1 is 1.26 bits per heavy atom. The summed E-state index contributed by atoms with van der Waals surface area (Å²) in [5.74, 6) is -1.26. The first-order valence-corrected chi connectivity index (χ1v) is 11.4. The zero-order valence-electron chi connectivity index (χ0n) is 16.8. The number of methoxy groups -OCH3 is 1. The molecule has 1 heterocycles. The monoisotopic (exact) mass is 467 g/mol. The minimum atomic E-state index is -3.59. The number of carbonyl (C=O) groups is 2. The largest absolute Gasteiger partial charge is 0.493 e. The highest BCUT2D eigenvalue weighted by molar-refractivity contribution is 7.92. The van der Waals surface area contributed by atoms with E-state index in [2.05, 4.69) is 5.32 Å². The van der Waals surface area contributed by atoms with Gasteiger partial charge in [0.05, 0.1) is 23.6 Å². The van der Waals surface area contributed by atoms with Crippen molar-refractivity contribution < 1.29 is 27.5 Å². The SMILES string of the molecule is COc1cc(C(=O)NCCS(=O)(=O)N2CCc3ccccc32)cc(Cl)c1OCC(N)=O. The molecule has 2 aromatic rings. The zero-order chi connectivity index (χ0) is 22.6. The smallest absolute Gasteiger partial charge is 0.255 e. The predicted octanol–water partition coefficient (Wildman–Crippen LogP) is 1.34. The van der Waals surface area contributed by atoms with Gasteiger partial charge in [0.1, 0.15) is 0 Å². The summed E-state index contributed by atoms with van der Waals surface area (Å²) >= 11 is 6.14. The van der Waals surface area contributed by atoms with Gasteiger partial charge in [0.2, 0.25) is 10.0 Å². The molecule has 0 fully saturated rings. The highest BCUT2D eigenvalue weighted by atomic mass is 35.5. The summed E-state index contributed by atoms with van der Waals surface area (Å²) in [5.41, 5.74) is 6.87. The molecule has 0 unspecified atom stereocenters. The molecular formula is C20H22ClN3O6S. The molecule has 0 aromatic heterocycles. The van der Waals surface area contributed by atoms with Crippen molar-refractivity contribution >= 4 is 39.1 Å². The summed E-state index contributed by atoms with van der Waals surface area (Å²) in [7, 11) is -2.24. The third kappa shape index (κ3) is 5.20. The number of halogens is 1. The van der Waals surface area contributed by atoms with Gasteiger partial charge in [-0.2, -0.15) is 0 Å². The molecule has 3 N–H and O–H groups in total. The normalized spacial score (nSPS) is 12.9. The maximum atomic E-state index is 12.7. The molecular weight excluding hydrogens is 446 g/mol. The maximum Gasteiger partial charge on any atom is 0.255 e. The summed E-state index contributed by atoms with van der Waals surface area (Å²) in [6.07, 6.45) is 0.657. The second kappa shape index (κ2) is 9.44. The Morgan fingerprint density at radius 2 is 2.00 bits per heavy atom. The zero-order valence-corrected chi connectivity index (χ0v) is 18.3. The molecule has 3 rings (SSSR count). The van der Waals surface area contributed by atoms with E-state index in [-0.39, 0.29) is 34.4 Å². The minimum absolute atomic E-state index is 0.0482. The Labute approximate surface area is 185 Å². The number of rotatable bonds is 9. The van der Waals surface area contributed by atoms with Gasteiger partial charge in [-0.05, 0) is 30.2 Å². The molecule has 0 radical (unpaired) electrons. The third-order valence-electron chi connectivity index (χ3n) is 4.68.